The molecule has 0 spiro atoms. The molecule has 0 saturated carbocycles. The third kappa shape index (κ3) is 4.46. The van der Waals surface area contributed by atoms with Crippen molar-refractivity contribution < 1.29 is 26.2 Å². The first kappa shape index (κ1) is 17.2. The molecule has 0 nitrogen and oxygen atoms in total. The van der Waals surface area contributed by atoms with Crippen molar-refractivity contribution in [3.63, 3.8) is 0 Å². The SMILES string of the molecule is Cc1ccc2c(c1)C=[C-]C2C.[CH3-].[Zr+3].c1cc[cH-]c1. The summed E-state index contributed by atoms with van der Waals surface area (Å²) in [5, 5.41) is 0. The van der Waals surface area contributed by atoms with Gasteiger partial charge in [0.25, 0.3) is 0 Å². The molecule has 2 aromatic carbocycles. The number of fused-ring (bicyclic) bond motifs is 1. The normalized spacial score (nSPS) is 14.7. The van der Waals surface area contributed by atoms with E-state index in [9.17, 15) is 0 Å². The van der Waals surface area contributed by atoms with E-state index in [1.54, 1.807) is 0 Å². The molecular formula is C17H19Zr. The van der Waals surface area contributed by atoms with Gasteiger partial charge in [0.15, 0.2) is 0 Å². The molecule has 1 atom stereocenters. The van der Waals surface area contributed by atoms with Crippen molar-refractivity contribution in [3.8, 4) is 0 Å². The average molecular weight is 315 g/mol. The molecule has 1 aliphatic rings. The van der Waals surface area contributed by atoms with Crippen LogP contribution in [0.25, 0.3) is 6.08 Å². The smallest absolute Gasteiger partial charge is 0.358 e. The summed E-state index contributed by atoms with van der Waals surface area (Å²) in [5.74, 6) is 0.491. The largest absolute Gasteiger partial charge is 3.00 e. The fourth-order valence-electron chi connectivity index (χ4n) is 1.84. The molecule has 0 fully saturated rings. The first-order chi connectivity index (χ1) is 7.77. The van der Waals surface area contributed by atoms with Crippen LogP contribution in [0.15, 0.2) is 48.5 Å². The average Bonchev–Trinajstić information content (AvgIpc) is 2.92. The summed E-state index contributed by atoms with van der Waals surface area (Å²) in [7, 11) is 0. The molecule has 0 heterocycles. The second-order valence-electron chi connectivity index (χ2n) is 4.13. The second-order valence-corrected chi connectivity index (χ2v) is 4.13. The quantitative estimate of drug-likeness (QED) is 0.614. The second kappa shape index (κ2) is 8.32. The van der Waals surface area contributed by atoms with E-state index >= 15 is 0 Å². The van der Waals surface area contributed by atoms with Gasteiger partial charge in [-0.05, 0) is 6.92 Å². The van der Waals surface area contributed by atoms with E-state index in [1.807, 2.05) is 30.3 Å². The van der Waals surface area contributed by atoms with Gasteiger partial charge in [-0.2, -0.15) is 23.8 Å². The van der Waals surface area contributed by atoms with E-state index in [-0.39, 0.29) is 33.6 Å². The third-order valence-electron chi connectivity index (χ3n) is 2.75. The molecule has 0 aliphatic heterocycles. The van der Waals surface area contributed by atoms with Crippen molar-refractivity contribution >= 4 is 6.08 Å². The molecule has 0 bridgehead atoms. The summed E-state index contributed by atoms with van der Waals surface area (Å²) in [4.78, 5) is 0. The minimum Gasteiger partial charge on any atom is -0.358 e. The maximum Gasteiger partial charge on any atom is 3.00 e. The maximum absolute atomic E-state index is 3.29. The molecule has 2 aromatic rings. The molecule has 1 radical (unpaired) electrons. The van der Waals surface area contributed by atoms with Crippen LogP contribution in [0, 0.1) is 20.4 Å². The van der Waals surface area contributed by atoms with E-state index in [0.29, 0.717) is 5.92 Å². The van der Waals surface area contributed by atoms with Crippen LogP contribution in [0.3, 0.4) is 0 Å². The Labute approximate surface area is 130 Å². The first-order valence-corrected chi connectivity index (χ1v) is 5.64. The van der Waals surface area contributed by atoms with Crippen LogP contribution < -0.4 is 0 Å². The Balaban J connectivity index is 0.000000357. The maximum atomic E-state index is 3.29. The van der Waals surface area contributed by atoms with Crippen molar-refractivity contribution in [3.05, 3.63) is 78.7 Å². The van der Waals surface area contributed by atoms with E-state index < -0.39 is 0 Å². The molecular weight excluding hydrogens is 295 g/mol. The molecule has 1 unspecified atom stereocenters. The van der Waals surface area contributed by atoms with Gasteiger partial charge >= 0.3 is 26.2 Å². The van der Waals surface area contributed by atoms with Crippen LogP contribution in [-0.2, 0) is 26.2 Å². The van der Waals surface area contributed by atoms with E-state index in [0.717, 1.165) is 0 Å². The summed E-state index contributed by atoms with van der Waals surface area (Å²) in [6.07, 6.45) is 5.38. The summed E-state index contributed by atoms with van der Waals surface area (Å²) in [5.41, 5.74) is 4.09. The van der Waals surface area contributed by atoms with Gasteiger partial charge in [-0.1, -0.05) is 30.5 Å². The van der Waals surface area contributed by atoms with Gasteiger partial charge in [-0.15, -0.1) is 11.6 Å². The van der Waals surface area contributed by atoms with E-state index in [4.69, 9.17) is 0 Å². The third-order valence-corrected chi connectivity index (χ3v) is 2.75. The summed E-state index contributed by atoms with van der Waals surface area (Å²) < 4.78 is 0. The Bertz CT molecular complexity index is 449. The molecule has 0 aromatic heterocycles. The molecule has 0 amide bonds. The number of rotatable bonds is 0. The number of aryl methyl sites for hydroxylation is 1. The summed E-state index contributed by atoms with van der Waals surface area (Å²) in [6, 6.07) is 16.6. The minimum absolute atomic E-state index is 0. The van der Waals surface area contributed by atoms with Crippen LogP contribution in [0.4, 0.5) is 0 Å². The van der Waals surface area contributed by atoms with E-state index in [1.165, 1.54) is 16.7 Å². The van der Waals surface area contributed by atoms with Gasteiger partial charge in [-0.25, -0.2) is 18.2 Å². The fraction of sp³-hybridized carbons (Fsp3) is 0.176. The molecule has 0 saturated heterocycles. The van der Waals surface area contributed by atoms with Gasteiger partial charge in [0, 0.05) is 0 Å². The predicted octanol–water partition coefficient (Wildman–Crippen LogP) is 4.78. The van der Waals surface area contributed by atoms with Crippen LogP contribution in [0.2, 0.25) is 0 Å². The first-order valence-electron chi connectivity index (χ1n) is 5.64. The Morgan fingerprint density at radius 3 is 2.39 bits per heavy atom. The summed E-state index contributed by atoms with van der Waals surface area (Å²) >= 11 is 0. The van der Waals surface area contributed by atoms with Crippen molar-refractivity contribution in [1.82, 2.24) is 0 Å². The molecule has 0 N–H and O–H groups in total. The van der Waals surface area contributed by atoms with E-state index in [2.05, 4.69) is 44.2 Å². The zero-order valence-electron chi connectivity index (χ0n) is 11.3. The topological polar surface area (TPSA) is 0 Å². The number of hydrogen-bond donors (Lipinski definition) is 0. The Hall–Kier alpha value is -0.807. The Morgan fingerprint density at radius 1 is 1.17 bits per heavy atom. The molecule has 91 valence electrons. The van der Waals surface area contributed by atoms with Crippen molar-refractivity contribution in [1.29, 1.82) is 0 Å². The van der Waals surface area contributed by atoms with Gasteiger partial charge in [-0.3, -0.25) is 6.08 Å². The minimum atomic E-state index is 0. The molecule has 3 rings (SSSR count). The number of allylic oxidation sites excluding steroid dienone is 1. The number of hydrogen-bond acceptors (Lipinski definition) is 0. The van der Waals surface area contributed by atoms with Crippen LogP contribution in [0.1, 0.15) is 29.5 Å². The van der Waals surface area contributed by atoms with Gasteiger partial charge < -0.3 is 7.43 Å². The Kier molecular flexibility index (Phi) is 7.95. The van der Waals surface area contributed by atoms with Gasteiger partial charge in [0.05, 0.1) is 0 Å². The van der Waals surface area contributed by atoms with Crippen LogP contribution >= 0.6 is 0 Å². The van der Waals surface area contributed by atoms with Crippen molar-refractivity contribution in [2.24, 2.45) is 0 Å². The molecule has 1 heteroatoms. The zero-order valence-corrected chi connectivity index (χ0v) is 13.7. The van der Waals surface area contributed by atoms with Crippen LogP contribution in [0.5, 0.6) is 0 Å². The molecule has 18 heavy (non-hydrogen) atoms. The monoisotopic (exact) mass is 313 g/mol. The Morgan fingerprint density at radius 2 is 1.83 bits per heavy atom. The van der Waals surface area contributed by atoms with Gasteiger partial charge in [0.2, 0.25) is 0 Å². The van der Waals surface area contributed by atoms with Gasteiger partial charge in [0.1, 0.15) is 0 Å². The zero-order chi connectivity index (χ0) is 11.4. The van der Waals surface area contributed by atoms with Crippen molar-refractivity contribution in [2.75, 3.05) is 0 Å². The van der Waals surface area contributed by atoms with Crippen molar-refractivity contribution in [2.45, 2.75) is 19.8 Å². The molecule has 1 aliphatic carbocycles. The van der Waals surface area contributed by atoms with Crippen LogP contribution in [-0.4, -0.2) is 0 Å². The predicted molar refractivity (Wildman–Crippen MR) is 75.8 cm³/mol. The standard InChI is InChI=1S/C11H11.C5H5.CH3.Zr/c1-8-3-6-11-9(2)4-5-10(11)7-8;1-2-4-5-3-1;;/h3,5-7,9H,1-2H3;1-5H;1H3;/q3*-1;+3. The fourth-order valence-corrected chi connectivity index (χ4v) is 1.84. The number of benzene rings is 1. The summed E-state index contributed by atoms with van der Waals surface area (Å²) in [6.45, 7) is 4.30.